The zero-order valence-electron chi connectivity index (χ0n) is 14.3. The number of para-hydroxylation sites is 1. The number of nitrogens with one attached hydrogen (secondary N) is 2. The predicted octanol–water partition coefficient (Wildman–Crippen LogP) is 3.06. The number of aryl methyl sites for hydroxylation is 1. The standard InChI is InChI=1S/C18H16ClFN2O5/c1-11-8-12(6-7-13(11)19)26-10-17(24)27-9-16(23)22-18(25)21-15-5-3-2-4-14(15)20/h2-8H,9-10H2,1H3,(H2,21,22,23,25). The lowest BCUT2D eigenvalue weighted by atomic mass is 10.2. The lowest BCUT2D eigenvalue weighted by Crippen LogP contribution is -2.37. The van der Waals surface area contributed by atoms with Crippen molar-refractivity contribution in [2.24, 2.45) is 0 Å². The van der Waals surface area contributed by atoms with E-state index < -0.39 is 36.9 Å². The second-order valence-electron chi connectivity index (χ2n) is 5.34. The number of carbonyl (C=O) groups is 3. The molecule has 3 amide bonds. The predicted molar refractivity (Wildman–Crippen MR) is 96.2 cm³/mol. The van der Waals surface area contributed by atoms with Crippen molar-refractivity contribution in [1.82, 2.24) is 5.32 Å². The van der Waals surface area contributed by atoms with Crippen molar-refractivity contribution in [3.63, 3.8) is 0 Å². The molecule has 0 atom stereocenters. The largest absolute Gasteiger partial charge is 0.482 e. The number of benzene rings is 2. The number of hydrogen-bond acceptors (Lipinski definition) is 5. The van der Waals surface area contributed by atoms with Gasteiger partial charge in [-0.15, -0.1) is 0 Å². The summed E-state index contributed by atoms with van der Waals surface area (Å²) in [6.45, 7) is 0.673. The Hall–Kier alpha value is -3.13. The number of urea groups is 1. The molecule has 0 saturated heterocycles. The summed E-state index contributed by atoms with van der Waals surface area (Å²) in [6.07, 6.45) is 0. The van der Waals surface area contributed by atoms with E-state index in [1.807, 2.05) is 5.32 Å². The van der Waals surface area contributed by atoms with Gasteiger partial charge in [0.25, 0.3) is 5.91 Å². The third kappa shape index (κ3) is 6.59. The van der Waals surface area contributed by atoms with Crippen molar-refractivity contribution in [2.75, 3.05) is 18.5 Å². The number of hydrogen-bond donors (Lipinski definition) is 2. The van der Waals surface area contributed by atoms with Crippen LogP contribution in [0.3, 0.4) is 0 Å². The first-order valence-electron chi connectivity index (χ1n) is 7.75. The average molecular weight is 395 g/mol. The molecule has 7 nitrogen and oxygen atoms in total. The normalized spacial score (nSPS) is 10.0. The van der Waals surface area contributed by atoms with Gasteiger partial charge in [-0.25, -0.2) is 14.0 Å². The van der Waals surface area contributed by atoms with Crippen LogP contribution >= 0.6 is 11.6 Å². The quantitative estimate of drug-likeness (QED) is 0.734. The van der Waals surface area contributed by atoms with Gasteiger partial charge in [0, 0.05) is 5.02 Å². The topological polar surface area (TPSA) is 93.7 Å². The molecular formula is C18H16ClFN2O5. The molecule has 2 aromatic carbocycles. The summed E-state index contributed by atoms with van der Waals surface area (Å²) < 4.78 is 23.3. The molecule has 9 heteroatoms. The average Bonchev–Trinajstić information content (AvgIpc) is 2.63. The number of anilines is 1. The summed E-state index contributed by atoms with van der Waals surface area (Å²) in [5, 5.41) is 4.64. The first-order chi connectivity index (χ1) is 12.8. The molecule has 2 aromatic rings. The van der Waals surface area contributed by atoms with Gasteiger partial charge in [0.05, 0.1) is 5.69 Å². The minimum Gasteiger partial charge on any atom is -0.482 e. The van der Waals surface area contributed by atoms with Crippen molar-refractivity contribution >= 4 is 35.2 Å². The second kappa shape index (κ2) is 9.54. The van der Waals surface area contributed by atoms with Crippen molar-refractivity contribution in [2.45, 2.75) is 6.92 Å². The molecule has 0 unspecified atom stereocenters. The minimum atomic E-state index is -0.950. The Kier molecular flexibility index (Phi) is 7.13. The zero-order valence-corrected chi connectivity index (χ0v) is 15.0. The third-order valence-corrected chi connectivity index (χ3v) is 3.65. The Morgan fingerprint density at radius 1 is 1.11 bits per heavy atom. The summed E-state index contributed by atoms with van der Waals surface area (Å²) in [6, 6.07) is 9.36. The number of rotatable bonds is 6. The van der Waals surface area contributed by atoms with Crippen molar-refractivity contribution in [3.8, 4) is 5.75 Å². The molecule has 0 spiro atoms. The smallest absolute Gasteiger partial charge is 0.344 e. The lowest BCUT2D eigenvalue weighted by molar-refractivity contribution is -0.150. The summed E-state index contributed by atoms with van der Waals surface area (Å²) >= 11 is 5.88. The minimum absolute atomic E-state index is 0.0912. The molecule has 0 saturated carbocycles. The van der Waals surface area contributed by atoms with Crippen LogP contribution in [-0.2, 0) is 14.3 Å². The first kappa shape index (κ1) is 20.2. The van der Waals surface area contributed by atoms with Crippen molar-refractivity contribution < 1.29 is 28.2 Å². The highest BCUT2D eigenvalue weighted by atomic mass is 35.5. The molecule has 0 aromatic heterocycles. The fourth-order valence-electron chi connectivity index (χ4n) is 1.92. The van der Waals surface area contributed by atoms with Gasteiger partial charge in [0.15, 0.2) is 13.2 Å². The third-order valence-electron chi connectivity index (χ3n) is 3.23. The Bertz CT molecular complexity index is 859. The van der Waals surface area contributed by atoms with Crippen molar-refractivity contribution in [1.29, 1.82) is 0 Å². The van der Waals surface area contributed by atoms with Gasteiger partial charge < -0.3 is 14.8 Å². The highest BCUT2D eigenvalue weighted by Gasteiger charge is 2.13. The summed E-state index contributed by atoms with van der Waals surface area (Å²) in [5.74, 6) is -1.91. The molecule has 0 aliphatic carbocycles. The molecule has 142 valence electrons. The lowest BCUT2D eigenvalue weighted by Gasteiger charge is -2.09. The van der Waals surface area contributed by atoms with E-state index in [1.54, 1.807) is 25.1 Å². The molecule has 0 aliphatic rings. The summed E-state index contributed by atoms with van der Waals surface area (Å²) in [7, 11) is 0. The Labute approximate surface area is 159 Å². The van der Waals surface area contributed by atoms with Crippen LogP contribution in [0.2, 0.25) is 5.02 Å². The van der Waals surface area contributed by atoms with E-state index in [2.05, 4.69) is 5.32 Å². The Morgan fingerprint density at radius 3 is 2.56 bits per heavy atom. The molecule has 0 bridgehead atoms. The van der Waals surface area contributed by atoms with Crippen LogP contribution in [0.15, 0.2) is 42.5 Å². The van der Waals surface area contributed by atoms with E-state index in [-0.39, 0.29) is 5.69 Å². The fraction of sp³-hybridized carbons (Fsp3) is 0.167. The van der Waals surface area contributed by atoms with Crippen LogP contribution < -0.4 is 15.4 Å². The van der Waals surface area contributed by atoms with E-state index in [1.165, 1.54) is 18.2 Å². The van der Waals surface area contributed by atoms with E-state index in [0.29, 0.717) is 10.8 Å². The number of carbonyl (C=O) groups excluding carboxylic acids is 3. The molecule has 0 heterocycles. The van der Waals surface area contributed by atoms with E-state index in [0.717, 1.165) is 11.6 Å². The van der Waals surface area contributed by atoms with Crippen LogP contribution in [0.1, 0.15) is 5.56 Å². The number of esters is 1. The molecule has 2 N–H and O–H groups in total. The number of ether oxygens (including phenoxy) is 2. The Morgan fingerprint density at radius 2 is 1.85 bits per heavy atom. The second-order valence-corrected chi connectivity index (χ2v) is 5.75. The maximum absolute atomic E-state index is 13.4. The highest BCUT2D eigenvalue weighted by Crippen LogP contribution is 2.20. The Balaban J connectivity index is 1.71. The first-order valence-corrected chi connectivity index (χ1v) is 8.13. The van der Waals surface area contributed by atoms with Gasteiger partial charge in [-0.05, 0) is 42.8 Å². The molecule has 27 heavy (non-hydrogen) atoms. The molecule has 0 radical (unpaired) electrons. The zero-order chi connectivity index (χ0) is 19.8. The molecule has 0 aliphatic heterocycles. The van der Waals surface area contributed by atoms with E-state index >= 15 is 0 Å². The van der Waals surface area contributed by atoms with Crippen LogP contribution in [0.5, 0.6) is 5.75 Å². The van der Waals surface area contributed by atoms with Crippen LogP contribution in [0.25, 0.3) is 0 Å². The maximum atomic E-state index is 13.4. The summed E-state index contributed by atoms with van der Waals surface area (Å²) in [5.41, 5.74) is 0.689. The van der Waals surface area contributed by atoms with Gasteiger partial charge in [0.1, 0.15) is 11.6 Å². The van der Waals surface area contributed by atoms with E-state index in [4.69, 9.17) is 21.1 Å². The van der Waals surface area contributed by atoms with Crippen LogP contribution in [-0.4, -0.2) is 31.1 Å². The van der Waals surface area contributed by atoms with Crippen LogP contribution in [0.4, 0.5) is 14.9 Å². The maximum Gasteiger partial charge on any atom is 0.344 e. The van der Waals surface area contributed by atoms with Gasteiger partial charge >= 0.3 is 12.0 Å². The highest BCUT2D eigenvalue weighted by molar-refractivity contribution is 6.31. The van der Waals surface area contributed by atoms with Gasteiger partial charge in [0.2, 0.25) is 0 Å². The number of imide groups is 1. The number of amides is 3. The fourth-order valence-corrected chi connectivity index (χ4v) is 2.03. The molecule has 0 fully saturated rings. The van der Waals surface area contributed by atoms with Crippen LogP contribution in [0, 0.1) is 12.7 Å². The number of halogens is 2. The van der Waals surface area contributed by atoms with Gasteiger partial charge in [-0.3, -0.25) is 10.1 Å². The SMILES string of the molecule is Cc1cc(OCC(=O)OCC(=O)NC(=O)Nc2ccccc2F)ccc1Cl. The van der Waals surface area contributed by atoms with Gasteiger partial charge in [-0.2, -0.15) is 0 Å². The van der Waals surface area contributed by atoms with Crippen molar-refractivity contribution in [3.05, 3.63) is 58.9 Å². The van der Waals surface area contributed by atoms with E-state index in [9.17, 15) is 18.8 Å². The summed E-state index contributed by atoms with van der Waals surface area (Å²) in [4.78, 5) is 34.8. The monoisotopic (exact) mass is 394 g/mol. The molecular weight excluding hydrogens is 379 g/mol. The van der Waals surface area contributed by atoms with Gasteiger partial charge in [-0.1, -0.05) is 23.7 Å². The molecule has 2 rings (SSSR count).